The first-order valence-corrected chi connectivity index (χ1v) is 8.76. The Bertz CT molecular complexity index is 1260. The summed E-state index contributed by atoms with van der Waals surface area (Å²) in [5.41, 5.74) is 0.688. The lowest BCUT2D eigenvalue weighted by Crippen LogP contribution is -2.13. The van der Waals surface area contributed by atoms with E-state index in [1.165, 1.54) is 19.1 Å². The van der Waals surface area contributed by atoms with Gasteiger partial charge in [0.15, 0.2) is 17.3 Å². The topological polar surface area (TPSA) is 85.2 Å². The Morgan fingerprint density at radius 3 is 2.89 bits per heavy atom. The number of nitrogens with one attached hydrogen (secondary N) is 1. The van der Waals surface area contributed by atoms with E-state index < -0.39 is 11.4 Å². The van der Waals surface area contributed by atoms with Crippen molar-refractivity contribution in [2.24, 2.45) is 0 Å². The van der Waals surface area contributed by atoms with E-state index in [0.29, 0.717) is 21.0 Å². The molecule has 27 heavy (non-hydrogen) atoms. The number of hydrogen-bond donors (Lipinski definition) is 1. The first-order valence-electron chi connectivity index (χ1n) is 7.97. The van der Waals surface area contributed by atoms with Gasteiger partial charge in [-0.2, -0.15) is 0 Å². The maximum absolute atomic E-state index is 14.3. The van der Waals surface area contributed by atoms with Crippen molar-refractivity contribution in [1.82, 2.24) is 9.97 Å². The number of carbonyl (C=O) groups excluding carboxylic acids is 1. The number of benzene rings is 2. The Labute approximate surface area is 160 Å². The first kappa shape index (κ1) is 17.4. The minimum Gasteiger partial charge on any atom is -0.482 e. The van der Waals surface area contributed by atoms with Crippen LogP contribution in [0.2, 0.25) is 0 Å². The molecular weight excluding hydrogens is 419 g/mol. The van der Waals surface area contributed by atoms with Gasteiger partial charge in [-0.1, -0.05) is 28.1 Å². The highest BCUT2D eigenvalue weighted by Gasteiger charge is 2.17. The zero-order valence-electron chi connectivity index (χ0n) is 14.0. The highest BCUT2D eigenvalue weighted by molar-refractivity contribution is 9.10. The van der Waals surface area contributed by atoms with Gasteiger partial charge in [0.25, 0.3) is 5.56 Å². The number of para-hydroxylation sites is 1. The predicted octanol–water partition coefficient (Wildman–Crippen LogP) is 4.35. The molecule has 2 aromatic carbocycles. The molecule has 0 bridgehead atoms. The van der Waals surface area contributed by atoms with E-state index in [2.05, 4.69) is 25.9 Å². The van der Waals surface area contributed by atoms with Gasteiger partial charge < -0.3 is 14.1 Å². The average molecular weight is 431 g/mol. The molecule has 0 atom stereocenters. The standard InChI is InChI=1S/C19H12BrFN2O4/c1-9(24)12-6-10(20)7-13(21)17(12)26-8-15-22-16-11-4-2-3-5-14(11)27-18(16)19(25)23-15/h2-7H,8H2,1H3,(H,22,23,25). The van der Waals surface area contributed by atoms with Gasteiger partial charge in [0.05, 0.1) is 5.56 Å². The second kappa shape index (κ2) is 6.62. The molecule has 0 spiro atoms. The van der Waals surface area contributed by atoms with Gasteiger partial charge in [-0.3, -0.25) is 9.59 Å². The van der Waals surface area contributed by atoms with Crippen LogP contribution in [0, 0.1) is 5.82 Å². The van der Waals surface area contributed by atoms with E-state index in [4.69, 9.17) is 9.15 Å². The lowest BCUT2D eigenvalue weighted by molar-refractivity contribution is 0.101. The molecule has 6 nitrogen and oxygen atoms in total. The zero-order chi connectivity index (χ0) is 19.1. The summed E-state index contributed by atoms with van der Waals surface area (Å²) < 4.78 is 25.7. The lowest BCUT2D eigenvalue weighted by atomic mass is 10.1. The number of furan rings is 1. The highest BCUT2D eigenvalue weighted by atomic mass is 79.9. The van der Waals surface area contributed by atoms with Crippen molar-refractivity contribution in [3.63, 3.8) is 0 Å². The molecule has 8 heteroatoms. The molecule has 136 valence electrons. The molecule has 0 amide bonds. The van der Waals surface area contributed by atoms with Crippen LogP contribution in [-0.4, -0.2) is 15.8 Å². The molecule has 2 heterocycles. The van der Waals surface area contributed by atoms with Gasteiger partial charge in [0.2, 0.25) is 5.58 Å². The second-order valence-corrected chi connectivity index (χ2v) is 6.81. The maximum Gasteiger partial charge on any atom is 0.294 e. The van der Waals surface area contributed by atoms with Crippen molar-refractivity contribution in [1.29, 1.82) is 0 Å². The molecule has 0 aliphatic carbocycles. The predicted molar refractivity (Wildman–Crippen MR) is 101 cm³/mol. The van der Waals surface area contributed by atoms with Crippen molar-refractivity contribution in [3.05, 3.63) is 68.4 Å². The van der Waals surface area contributed by atoms with E-state index in [-0.39, 0.29) is 35.1 Å². The number of aromatic nitrogens is 2. The van der Waals surface area contributed by atoms with Crippen molar-refractivity contribution in [2.45, 2.75) is 13.5 Å². The number of hydrogen-bond acceptors (Lipinski definition) is 5. The number of fused-ring (bicyclic) bond motifs is 3. The number of ether oxygens (including phenoxy) is 1. The van der Waals surface area contributed by atoms with Crippen LogP contribution in [0.4, 0.5) is 4.39 Å². The Hall–Kier alpha value is -3.00. The lowest BCUT2D eigenvalue weighted by Gasteiger charge is -2.11. The highest BCUT2D eigenvalue weighted by Crippen LogP contribution is 2.29. The second-order valence-electron chi connectivity index (χ2n) is 5.90. The molecule has 0 saturated heterocycles. The van der Waals surface area contributed by atoms with Crippen molar-refractivity contribution >= 4 is 43.8 Å². The van der Waals surface area contributed by atoms with Gasteiger partial charge in [0.1, 0.15) is 23.5 Å². The van der Waals surface area contributed by atoms with Crippen LogP contribution in [0.25, 0.3) is 22.1 Å². The van der Waals surface area contributed by atoms with Crippen LogP contribution in [-0.2, 0) is 6.61 Å². The number of Topliss-reactive ketones (excluding diaryl/α,β-unsaturated/α-hetero) is 1. The third-order valence-corrected chi connectivity index (χ3v) is 4.48. The third-order valence-electron chi connectivity index (χ3n) is 4.02. The number of rotatable bonds is 4. The van der Waals surface area contributed by atoms with Crippen LogP contribution >= 0.6 is 15.9 Å². The van der Waals surface area contributed by atoms with Gasteiger partial charge in [-0.25, -0.2) is 9.37 Å². The van der Waals surface area contributed by atoms with Crippen LogP contribution in [0.15, 0.2) is 50.1 Å². The number of ketones is 1. The van der Waals surface area contributed by atoms with E-state index >= 15 is 0 Å². The Morgan fingerprint density at radius 2 is 2.11 bits per heavy atom. The number of nitrogens with zero attached hydrogens (tertiary/aromatic N) is 1. The van der Waals surface area contributed by atoms with Crippen LogP contribution in [0.3, 0.4) is 0 Å². The normalized spacial score (nSPS) is 11.2. The molecule has 0 unspecified atom stereocenters. The molecule has 0 saturated carbocycles. The number of aromatic amines is 1. The van der Waals surface area contributed by atoms with E-state index in [0.717, 1.165) is 0 Å². The maximum atomic E-state index is 14.3. The zero-order valence-corrected chi connectivity index (χ0v) is 15.6. The fourth-order valence-electron chi connectivity index (χ4n) is 2.82. The fraction of sp³-hybridized carbons (Fsp3) is 0.105. The van der Waals surface area contributed by atoms with Gasteiger partial charge >= 0.3 is 0 Å². The summed E-state index contributed by atoms with van der Waals surface area (Å²) in [6.45, 7) is 1.10. The summed E-state index contributed by atoms with van der Waals surface area (Å²) in [5, 5.41) is 0.694. The van der Waals surface area contributed by atoms with Crippen LogP contribution in [0.5, 0.6) is 5.75 Å². The monoisotopic (exact) mass is 430 g/mol. The SMILES string of the molecule is CC(=O)c1cc(Br)cc(F)c1OCc1nc2c(oc3ccccc32)c(=O)[nH]1. The Kier molecular flexibility index (Phi) is 4.27. The van der Waals surface area contributed by atoms with Crippen LogP contribution < -0.4 is 10.3 Å². The molecular formula is C19H12BrFN2O4. The summed E-state index contributed by atoms with van der Waals surface area (Å²) in [4.78, 5) is 31.0. The molecule has 2 aromatic heterocycles. The van der Waals surface area contributed by atoms with E-state index in [9.17, 15) is 14.0 Å². The number of halogens is 2. The van der Waals surface area contributed by atoms with Gasteiger partial charge in [-0.05, 0) is 31.2 Å². The van der Waals surface area contributed by atoms with Crippen molar-refractivity contribution < 1.29 is 18.3 Å². The summed E-state index contributed by atoms with van der Waals surface area (Å²) in [6.07, 6.45) is 0. The first-order chi connectivity index (χ1) is 12.9. The molecule has 4 aromatic rings. The fourth-order valence-corrected chi connectivity index (χ4v) is 3.25. The Balaban J connectivity index is 1.74. The summed E-state index contributed by atoms with van der Waals surface area (Å²) in [7, 11) is 0. The molecule has 0 fully saturated rings. The smallest absolute Gasteiger partial charge is 0.294 e. The van der Waals surface area contributed by atoms with Crippen molar-refractivity contribution in [2.75, 3.05) is 0 Å². The molecule has 0 aliphatic heterocycles. The minimum atomic E-state index is -0.688. The minimum absolute atomic E-state index is 0.0964. The number of H-pyrrole nitrogens is 1. The van der Waals surface area contributed by atoms with E-state index in [1.54, 1.807) is 18.2 Å². The largest absolute Gasteiger partial charge is 0.482 e. The van der Waals surface area contributed by atoms with Gasteiger partial charge in [0, 0.05) is 9.86 Å². The van der Waals surface area contributed by atoms with E-state index in [1.807, 2.05) is 6.07 Å². The average Bonchev–Trinajstić information content (AvgIpc) is 3.00. The quantitative estimate of drug-likeness (QED) is 0.486. The third kappa shape index (κ3) is 3.12. The number of carbonyl (C=O) groups is 1. The summed E-state index contributed by atoms with van der Waals surface area (Å²) >= 11 is 3.15. The molecule has 0 radical (unpaired) electrons. The molecule has 4 rings (SSSR count). The molecule has 1 N–H and O–H groups in total. The Morgan fingerprint density at radius 1 is 1.33 bits per heavy atom. The van der Waals surface area contributed by atoms with Gasteiger partial charge in [-0.15, -0.1) is 0 Å². The summed E-state index contributed by atoms with van der Waals surface area (Å²) in [5.74, 6) is -1.03. The van der Waals surface area contributed by atoms with Crippen LogP contribution in [0.1, 0.15) is 23.1 Å². The van der Waals surface area contributed by atoms with Crippen molar-refractivity contribution in [3.8, 4) is 5.75 Å². The summed E-state index contributed by atoms with van der Waals surface area (Å²) in [6, 6.07) is 9.81. The molecule has 0 aliphatic rings.